The van der Waals surface area contributed by atoms with Gasteiger partial charge in [0.25, 0.3) is 0 Å². The third-order valence-electron chi connectivity index (χ3n) is 4.04. The Hall–Kier alpha value is -0.800. The Bertz CT molecular complexity index is 353. The first-order valence-corrected chi connectivity index (χ1v) is 6.40. The van der Waals surface area contributed by atoms with Gasteiger partial charge in [0, 0.05) is 37.2 Å². The fourth-order valence-electron chi connectivity index (χ4n) is 3.07. The molecular weight excluding hydrogens is 200 g/mol. The summed E-state index contributed by atoms with van der Waals surface area (Å²) in [5.74, 6) is 1.21. The average Bonchev–Trinajstić information content (AvgIpc) is 2.78. The first-order chi connectivity index (χ1) is 7.84. The van der Waals surface area contributed by atoms with Crippen molar-refractivity contribution < 1.29 is 4.42 Å². The number of hydrogen-bond acceptors (Lipinski definition) is 3. The first-order valence-electron chi connectivity index (χ1n) is 6.40. The highest BCUT2D eigenvalue weighted by Gasteiger charge is 2.29. The van der Waals surface area contributed by atoms with Crippen molar-refractivity contribution in [2.75, 3.05) is 13.1 Å². The summed E-state index contributed by atoms with van der Waals surface area (Å²) >= 11 is 0. The fourth-order valence-corrected chi connectivity index (χ4v) is 3.07. The van der Waals surface area contributed by atoms with Gasteiger partial charge in [0.2, 0.25) is 0 Å². The molecule has 2 aliphatic rings. The van der Waals surface area contributed by atoms with E-state index in [9.17, 15) is 0 Å². The van der Waals surface area contributed by atoms with Crippen molar-refractivity contribution >= 4 is 0 Å². The highest BCUT2D eigenvalue weighted by Crippen LogP contribution is 2.36. The van der Waals surface area contributed by atoms with Crippen LogP contribution in [-0.2, 0) is 6.42 Å². The molecule has 1 unspecified atom stereocenters. The zero-order valence-corrected chi connectivity index (χ0v) is 9.69. The molecule has 2 N–H and O–H groups in total. The van der Waals surface area contributed by atoms with E-state index in [1.54, 1.807) is 0 Å². The molecule has 1 aliphatic carbocycles. The molecule has 0 amide bonds. The number of piperidine rings is 1. The van der Waals surface area contributed by atoms with Crippen LogP contribution in [0, 0.1) is 0 Å². The van der Waals surface area contributed by atoms with Crippen LogP contribution < -0.4 is 5.73 Å². The Morgan fingerprint density at radius 1 is 1.25 bits per heavy atom. The van der Waals surface area contributed by atoms with Crippen LogP contribution in [0.4, 0.5) is 0 Å². The van der Waals surface area contributed by atoms with E-state index in [2.05, 4.69) is 11.0 Å². The summed E-state index contributed by atoms with van der Waals surface area (Å²) in [6, 6.07) is 3.17. The van der Waals surface area contributed by atoms with E-state index in [-0.39, 0.29) is 0 Å². The lowest BCUT2D eigenvalue weighted by Crippen LogP contribution is -2.42. The summed E-state index contributed by atoms with van der Waals surface area (Å²) in [4.78, 5) is 2.59. The maximum absolute atomic E-state index is 5.96. The van der Waals surface area contributed by atoms with Crippen molar-refractivity contribution in [3.8, 4) is 0 Å². The van der Waals surface area contributed by atoms with E-state index >= 15 is 0 Å². The van der Waals surface area contributed by atoms with Gasteiger partial charge < -0.3 is 10.2 Å². The molecule has 1 aromatic heterocycles. The summed E-state index contributed by atoms with van der Waals surface area (Å²) in [6.45, 7) is 2.30. The molecule has 1 atom stereocenters. The van der Waals surface area contributed by atoms with Crippen LogP contribution in [0.25, 0.3) is 0 Å². The van der Waals surface area contributed by atoms with Crippen molar-refractivity contribution in [1.82, 2.24) is 4.90 Å². The molecular formula is C13H20N2O. The molecule has 0 saturated carbocycles. The largest absolute Gasteiger partial charge is 0.469 e. The second kappa shape index (κ2) is 4.22. The lowest BCUT2D eigenvalue weighted by atomic mass is 9.90. The van der Waals surface area contributed by atoms with Gasteiger partial charge >= 0.3 is 0 Å². The van der Waals surface area contributed by atoms with Gasteiger partial charge in [-0.2, -0.15) is 0 Å². The third-order valence-corrected chi connectivity index (χ3v) is 4.04. The Kier molecular flexibility index (Phi) is 2.74. The van der Waals surface area contributed by atoms with Gasteiger partial charge in [-0.3, -0.25) is 4.90 Å². The molecule has 1 saturated heterocycles. The molecule has 1 aromatic rings. The van der Waals surface area contributed by atoms with Gasteiger partial charge in [0.1, 0.15) is 5.76 Å². The minimum Gasteiger partial charge on any atom is -0.469 e. The van der Waals surface area contributed by atoms with Crippen LogP contribution in [0.3, 0.4) is 0 Å². The third kappa shape index (κ3) is 1.78. The average molecular weight is 220 g/mol. The number of nitrogens with zero attached hydrogens (tertiary/aromatic N) is 1. The second-order valence-electron chi connectivity index (χ2n) is 5.08. The quantitative estimate of drug-likeness (QED) is 0.788. The number of aryl methyl sites for hydroxylation is 1. The number of furan rings is 1. The molecule has 0 radical (unpaired) electrons. The monoisotopic (exact) mass is 220 g/mol. The van der Waals surface area contributed by atoms with Crippen molar-refractivity contribution in [2.24, 2.45) is 5.73 Å². The van der Waals surface area contributed by atoms with E-state index in [0.717, 1.165) is 32.4 Å². The number of rotatable bonds is 1. The molecule has 3 nitrogen and oxygen atoms in total. The van der Waals surface area contributed by atoms with Gasteiger partial charge in [-0.25, -0.2) is 0 Å². The molecule has 16 heavy (non-hydrogen) atoms. The lowest BCUT2D eigenvalue weighted by Gasteiger charge is -2.38. The smallest absolute Gasteiger partial charge is 0.108 e. The van der Waals surface area contributed by atoms with Gasteiger partial charge in [-0.1, -0.05) is 0 Å². The van der Waals surface area contributed by atoms with E-state index in [1.807, 2.05) is 6.26 Å². The Balaban J connectivity index is 1.77. The zero-order chi connectivity index (χ0) is 11.0. The van der Waals surface area contributed by atoms with E-state index in [4.69, 9.17) is 10.2 Å². The molecule has 0 bridgehead atoms. The normalized spacial score (nSPS) is 27.9. The lowest BCUT2D eigenvalue weighted by molar-refractivity contribution is 0.137. The topological polar surface area (TPSA) is 42.4 Å². The van der Waals surface area contributed by atoms with Gasteiger partial charge in [0.15, 0.2) is 0 Å². The Morgan fingerprint density at radius 2 is 2.06 bits per heavy atom. The zero-order valence-electron chi connectivity index (χ0n) is 9.69. The Labute approximate surface area is 96.6 Å². The van der Waals surface area contributed by atoms with Crippen molar-refractivity contribution in [3.05, 3.63) is 23.7 Å². The van der Waals surface area contributed by atoms with Gasteiger partial charge in [-0.05, 0) is 31.7 Å². The van der Waals surface area contributed by atoms with Crippen LogP contribution in [0.2, 0.25) is 0 Å². The minimum atomic E-state index is 0.420. The maximum atomic E-state index is 5.96. The van der Waals surface area contributed by atoms with E-state index < -0.39 is 0 Å². The summed E-state index contributed by atoms with van der Waals surface area (Å²) < 4.78 is 5.55. The Morgan fingerprint density at radius 3 is 2.88 bits per heavy atom. The van der Waals surface area contributed by atoms with E-state index in [0.29, 0.717) is 12.1 Å². The van der Waals surface area contributed by atoms with Crippen LogP contribution >= 0.6 is 0 Å². The summed E-state index contributed by atoms with van der Waals surface area (Å²) in [7, 11) is 0. The van der Waals surface area contributed by atoms with Gasteiger partial charge in [-0.15, -0.1) is 0 Å². The van der Waals surface area contributed by atoms with Crippen LogP contribution in [0.15, 0.2) is 16.7 Å². The number of nitrogens with two attached hydrogens (primary N) is 1. The SMILES string of the molecule is NC1CCN(C2CCCc3occc32)CC1. The number of hydrogen-bond donors (Lipinski definition) is 1. The predicted octanol–water partition coefficient (Wildman–Crippen LogP) is 2.08. The van der Waals surface area contributed by atoms with Crippen LogP contribution in [0.5, 0.6) is 0 Å². The van der Waals surface area contributed by atoms with Crippen LogP contribution in [-0.4, -0.2) is 24.0 Å². The van der Waals surface area contributed by atoms with Crippen molar-refractivity contribution in [2.45, 2.75) is 44.2 Å². The first kappa shape index (κ1) is 10.4. The number of fused-ring (bicyclic) bond motifs is 1. The molecule has 1 aliphatic heterocycles. The highest BCUT2D eigenvalue weighted by molar-refractivity contribution is 5.24. The molecule has 1 fully saturated rings. The highest BCUT2D eigenvalue weighted by atomic mass is 16.3. The summed E-state index contributed by atoms with van der Waals surface area (Å²) in [5.41, 5.74) is 7.39. The fraction of sp³-hybridized carbons (Fsp3) is 0.692. The van der Waals surface area contributed by atoms with Gasteiger partial charge in [0.05, 0.1) is 6.26 Å². The summed E-state index contributed by atoms with van der Waals surface area (Å²) in [5, 5.41) is 0. The minimum absolute atomic E-state index is 0.420. The predicted molar refractivity (Wildman–Crippen MR) is 63.2 cm³/mol. The maximum Gasteiger partial charge on any atom is 0.108 e. The van der Waals surface area contributed by atoms with Crippen molar-refractivity contribution in [3.63, 3.8) is 0 Å². The van der Waals surface area contributed by atoms with Crippen molar-refractivity contribution in [1.29, 1.82) is 0 Å². The molecule has 0 spiro atoms. The summed E-state index contributed by atoms with van der Waals surface area (Å²) in [6.07, 6.45) is 7.79. The molecule has 3 rings (SSSR count). The standard InChI is InChI=1S/C13H20N2O/c14-10-4-7-15(8-5-10)12-2-1-3-13-11(12)6-9-16-13/h6,9-10,12H,1-5,7-8,14H2. The second-order valence-corrected chi connectivity index (χ2v) is 5.08. The molecule has 3 heteroatoms. The molecule has 0 aromatic carbocycles. The number of likely N-dealkylation sites (tertiary alicyclic amines) is 1. The van der Waals surface area contributed by atoms with E-state index in [1.165, 1.54) is 24.2 Å². The van der Waals surface area contributed by atoms with Crippen LogP contribution in [0.1, 0.15) is 43.0 Å². The molecule has 88 valence electrons. The molecule has 2 heterocycles.